The van der Waals surface area contributed by atoms with E-state index < -0.39 is 32.4 Å². The number of nitrogens with zero attached hydrogens (tertiary/aromatic N) is 3. The molecule has 2 rings (SSSR count). The van der Waals surface area contributed by atoms with Gasteiger partial charge in [0.25, 0.3) is 10.0 Å². The van der Waals surface area contributed by atoms with E-state index >= 15 is 0 Å². The molecule has 21 heavy (non-hydrogen) atoms. The van der Waals surface area contributed by atoms with E-state index in [1.165, 1.54) is 13.2 Å². The first-order chi connectivity index (χ1) is 9.74. The molecule has 0 saturated carbocycles. The van der Waals surface area contributed by atoms with Gasteiger partial charge >= 0.3 is 0 Å². The Labute approximate surface area is 117 Å². The summed E-state index contributed by atoms with van der Waals surface area (Å²) in [5.41, 5.74) is -0.135. The van der Waals surface area contributed by atoms with Crippen LogP contribution in [0.25, 0.3) is 0 Å². The lowest BCUT2D eigenvalue weighted by Gasteiger charge is -2.08. The highest BCUT2D eigenvalue weighted by molar-refractivity contribution is 7.92. The highest BCUT2D eigenvalue weighted by Gasteiger charge is 2.27. The maximum absolute atomic E-state index is 13.5. The van der Waals surface area contributed by atoms with Gasteiger partial charge in [-0.2, -0.15) is 10.4 Å². The van der Waals surface area contributed by atoms with E-state index in [0.29, 0.717) is 0 Å². The first-order valence-corrected chi connectivity index (χ1v) is 6.84. The molecule has 6 nitrogen and oxygen atoms in total. The molecular formula is C11H7F3N4O2S. The van der Waals surface area contributed by atoms with Gasteiger partial charge in [0.2, 0.25) is 0 Å². The molecule has 0 bridgehead atoms. The predicted octanol–water partition coefficient (Wildman–Crippen LogP) is 1.51. The summed E-state index contributed by atoms with van der Waals surface area (Å²) in [7, 11) is -3.28. The number of aryl methyl sites for hydroxylation is 1. The van der Waals surface area contributed by atoms with Crippen molar-refractivity contribution in [1.29, 1.82) is 5.26 Å². The molecule has 0 atom stereocenters. The quantitative estimate of drug-likeness (QED) is 0.929. The van der Waals surface area contributed by atoms with Crippen molar-refractivity contribution in [2.75, 3.05) is 4.72 Å². The molecule has 1 aromatic heterocycles. The third-order valence-electron chi connectivity index (χ3n) is 2.41. The van der Waals surface area contributed by atoms with Gasteiger partial charge in [-0.05, 0) is 0 Å². The van der Waals surface area contributed by atoms with Gasteiger partial charge < -0.3 is 0 Å². The lowest BCUT2D eigenvalue weighted by molar-refractivity contribution is 0.498. The van der Waals surface area contributed by atoms with Crippen LogP contribution in [0, 0.1) is 28.8 Å². The number of rotatable bonds is 3. The molecule has 0 radical (unpaired) electrons. The van der Waals surface area contributed by atoms with E-state index in [9.17, 15) is 21.6 Å². The van der Waals surface area contributed by atoms with Crippen LogP contribution >= 0.6 is 0 Å². The number of nitrogens with one attached hydrogen (secondary N) is 1. The van der Waals surface area contributed by atoms with Crippen molar-refractivity contribution in [2.45, 2.75) is 4.90 Å². The summed E-state index contributed by atoms with van der Waals surface area (Å²) in [5.74, 6) is -4.81. The summed E-state index contributed by atoms with van der Waals surface area (Å²) < 4.78 is 66.7. The summed E-state index contributed by atoms with van der Waals surface area (Å²) >= 11 is 0. The molecule has 1 aromatic carbocycles. The molecule has 1 heterocycles. The van der Waals surface area contributed by atoms with E-state index in [1.807, 2.05) is 0 Å². The highest BCUT2D eigenvalue weighted by atomic mass is 32.2. The largest absolute Gasteiger partial charge is 0.272 e. The van der Waals surface area contributed by atoms with Crippen molar-refractivity contribution in [1.82, 2.24) is 9.78 Å². The van der Waals surface area contributed by atoms with E-state index in [1.54, 1.807) is 10.8 Å². The maximum atomic E-state index is 13.5. The molecule has 0 spiro atoms. The van der Waals surface area contributed by atoms with Crippen LogP contribution in [0.5, 0.6) is 0 Å². The fourth-order valence-electron chi connectivity index (χ4n) is 1.61. The van der Waals surface area contributed by atoms with Gasteiger partial charge in [0.15, 0.2) is 10.7 Å². The second kappa shape index (κ2) is 5.10. The van der Waals surface area contributed by atoms with E-state index in [4.69, 9.17) is 5.26 Å². The monoisotopic (exact) mass is 316 g/mol. The number of nitriles is 1. The number of hydrogen-bond acceptors (Lipinski definition) is 4. The summed E-state index contributed by atoms with van der Waals surface area (Å²) in [5, 5.41) is 12.5. The summed E-state index contributed by atoms with van der Waals surface area (Å²) in [6, 6.07) is 2.15. The molecule has 0 saturated heterocycles. The average Bonchev–Trinajstić information content (AvgIpc) is 2.66. The van der Waals surface area contributed by atoms with Crippen LogP contribution in [-0.4, -0.2) is 18.2 Å². The molecular weight excluding hydrogens is 309 g/mol. The normalized spacial score (nSPS) is 11.2. The lowest BCUT2D eigenvalue weighted by atomic mass is 10.3. The van der Waals surface area contributed by atoms with Crippen molar-refractivity contribution in [2.24, 2.45) is 7.05 Å². The third kappa shape index (κ3) is 2.82. The van der Waals surface area contributed by atoms with E-state index in [2.05, 4.69) is 5.10 Å². The second-order valence-corrected chi connectivity index (χ2v) is 5.60. The Bertz CT molecular complexity index is 832. The Morgan fingerprint density at radius 3 is 2.38 bits per heavy atom. The minimum Gasteiger partial charge on any atom is -0.272 e. The average molecular weight is 316 g/mol. The molecule has 10 heteroatoms. The van der Waals surface area contributed by atoms with Crippen LogP contribution in [0.15, 0.2) is 23.2 Å². The number of sulfonamides is 1. The molecule has 0 unspecified atom stereocenters. The topological polar surface area (TPSA) is 87.8 Å². The van der Waals surface area contributed by atoms with Crippen molar-refractivity contribution in [3.8, 4) is 6.07 Å². The van der Waals surface area contributed by atoms with Crippen LogP contribution in [0.3, 0.4) is 0 Å². The Morgan fingerprint density at radius 1 is 1.29 bits per heavy atom. The second-order valence-electron chi connectivity index (χ2n) is 3.98. The van der Waals surface area contributed by atoms with Crippen LogP contribution < -0.4 is 4.72 Å². The molecule has 0 aliphatic heterocycles. The van der Waals surface area contributed by atoms with Crippen LogP contribution in [0.4, 0.5) is 19.0 Å². The zero-order chi connectivity index (χ0) is 15.8. The Morgan fingerprint density at radius 2 is 1.86 bits per heavy atom. The fourth-order valence-corrected chi connectivity index (χ4v) is 2.75. The van der Waals surface area contributed by atoms with Gasteiger partial charge in [-0.25, -0.2) is 21.6 Å². The fraction of sp³-hybridized carbons (Fsp3) is 0.0909. The van der Waals surface area contributed by atoms with Gasteiger partial charge in [-0.15, -0.1) is 0 Å². The smallest absolute Gasteiger partial charge is 0.269 e. The van der Waals surface area contributed by atoms with Gasteiger partial charge in [-0.3, -0.25) is 9.40 Å². The van der Waals surface area contributed by atoms with Crippen LogP contribution in [-0.2, 0) is 17.1 Å². The standard InChI is InChI=1S/C11H7F3N4O2S/c1-18-5-6(4-15)11(16-18)17-21(19,20)10-8(13)2-7(12)3-9(10)14/h2-3,5H,1H3,(H,16,17). The van der Waals surface area contributed by atoms with Crippen molar-refractivity contribution in [3.63, 3.8) is 0 Å². The molecule has 0 aliphatic rings. The number of aromatic nitrogens is 2. The molecule has 0 amide bonds. The summed E-state index contributed by atoms with van der Waals surface area (Å²) in [6.07, 6.45) is 1.22. The number of anilines is 1. The lowest BCUT2D eigenvalue weighted by Crippen LogP contribution is -2.17. The summed E-state index contributed by atoms with van der Waals surface area (Å²) in [6.45, 7) is 0. The van der Waals surface area contributed by atoms with Crippen molar-refractivity contribution >= 4 is 15.8 Å². The first kappa shape index (κ1) is 14.9. The maximum Gasteiger partial charge on any atom is 0.269 e. The minimum absolute atomic E-state index is 0.135. The van der Waals surface area contributed by atoms with Crippen LogP contribution in [0.2, 0.25) is 0 Å². The van der Waals surface area contributed by atoms with Crippen molar-refractivity contribution in [3.05, 3.63) is 41.3 Å². The molecule has 0 fully saturated rings. The number of benzene rings is 1. The first-order valence-electron chi connectivity index (χ1n) is 5.35. The zero-order valence-electron chi connectivity index (χ0n) is 10.4. The predicted molar refractivity (Wildman–Crippen MR) is 65.0 cm³/mol. The van der Waals surface area contributed by atoms with Gasteiger partial charge in [-0.1, -0.05) is 0 Å². The highest BCUT2D eigenvalue weighted by Crippen LogP contribution is 2.23. The third-order valence-corrected chi connectivity index (χ3v) is 3.80. The molecule has 2 aromatic rings. The number of halogens is 3. The Hall–Kier alpha value is -2.54. The number of hydrogen-bond donors (Lipinski definition) is 1. The molecule has 110 valence electrons. The SMILES string of the molecule is Cn1cc(C#N)c(NS(=O)(=O)c2c(F)cc(F)cc2F)n1. The minimum atomic E-state index is -4.70. The Kier molecular flexibility index (Phi) is 3.61. The van der Waals surface area contributed by atoms with Crippen molar-refractivity contribution < 1.29 is 21.6 Å². The zero-order valence-corrected chi connectivity index (χ0v) is 11.2. The van der Waals surface area contributed by atoms with E-state index in [0.717, 1.165) is 4.68 Å². The van der Waals surface area contributed by atoms with Gasteiger partial charge in [0, 0.05) is 25.4 Å². The van der Waals surface area contributed by atoms with Gasteiger partial charge in [0.05, 0.1) is 0 Å². The molecule has 1 N–H and O–H groups in total. The van der Waals surface area contributed by atoms with E-state index in [-0.39, 0.29) is 23.5 Å². The van der Waals surface area contributed by atoms with Gasteiger partial charge in [0.1, 0.15) is 29.1 Å². The molecule has 0 aliphatic carbocycles. The van der Waals surface area contributed by atoms with Crippen LogP contribution in [0.1, 0.15) is 5.56 Å². The Balaban J connectivity index is 2.51. The summed E-state index contributed by atoms with van der Waals surface area (Å²) in [4.78, 5) is -1.35.